The minimum absolute atomic E-state index is 0.201. The first-order valence-corrected chi connectivity index (χ1v) is 12.6. The Morgan fingerprint density at radius 3 is 2.59 bits per heavy atom. The molecule has 0 atom stereocenters. The summed E-state index contributed by atoms with van der Waals surface area (Å²) in [5.74, 6) is 0.536. The first-order valence-electron chi connectivity index (χ1n) is 12.6. The topological polar surface area (TPSA) is 78.2 Å². The highest BCUT2D eigenvalue weighted by Gasteiger charge is 2.24. The lowest BCUT2D eigenvalue weighted by Crippen LogP contribution is -2.42. The smallest absolute Gasteiger partial charge is 0.224 e. The normalized spacial score (nSPS) is 21.7. The average molecular weight is 467 g/mol. The van der Waals surface area contributed by atoms with Gasteiger partial charge >= 0.3 is 0 Å². The molecule has 3 heterocycles. The van der Waals surface area contributed by atoms with Gasteiger partial charge in [-0.1, -0.05) is 24.3 Å². The van der Waals surface area contributed by atoms with Gasteiger partial charge in [0.2, 0.25) is 5.95 Å². The van der Waals surface area contributed by atoms with Crippen LogP contribution in [0.2, 0.25) is 0 Å². The molecule has 0 unspecified atom stereocenters. The van der Waals surface area contributed by atoms with Crippen LogP contribution in [0.5, 0.6) is 0 Å². The van der Waals surface area contributed by atoms with Crippen LogP contribution in [-0.2, 0) is 6.54 Å². The molecule has 1 saturated carbocycles. The molecule has 3 aromatic rings. The van der Waals surface area contributed by atoms with Crippen molar-refractivity contribution in [3.63, 3.8) is 0 Å². The number of piperazine rings is 1. The van der Waals surface area contributed by atoms with Gasteiger partial charge < -0.3 is 20.3 Å². The number of alkyl halides is 1. The van der Waals surface area contributed by atoms with Gasteiger partial charge in [0.05, 0.1) is 12.8 Å². The standard InChI is InChI=1S/C26H35FN6O/c27-10-1-11-29-26-30-16-23-24(18-33(25(23)31-26)21-6-8-22(34)9-7-21)20-4-2-19(3-5-20)17-32-14-12-28-13-15-32/h2-5,16,18,21-22,28,34H,1,6-15,17H2,(H,29,30,31)/t21-,22-. The molecule has 0 radical (unpaired) electrons. The number of benzene rings is 1. The van der Waals surface area contributed by atoms with Gasteiger partial charge in [-0.25, -0.2) is 4.98 Å². The summed E-state index contributed by atoms with van der Waals surface area (Å²) in [5, 5.41) is 17.6. The van der Waals surface area contributed by atoms with Crippen molar-refractivity contribution in [1.29, 1.82) is 0 Å². The summed E-state index contributed by atoms with van der Waals surface area (Å²) in [7, 11) is 0. The Morgan fingerprint density at radius 2 is 1.85 bits per heavy atom. The van der Waals surface area contributed by atoms with Crippen LogP contribution in [0.3, 0.4) is 0 Å². The first kappa shape index (κ1) is 23.2. The molecule has 1 saturated heterocycles. The van der Waals surface area contributed by atoms with Crippen LogP contribution in [0.25, 0.3) is 22.2 Å². The number of anilines is 1. The molecule has 182 valence electrons. The van der Waals surface area contributed by atoms with Gasteiger partial charge in [-0.05, 0) is 43.2 Å². The molecule has 1 aromatic carbocycles. The monoisotopic (exact) mass is 466 g/mol. The van der Waals surface area contributed by atoms with Crippen molar-refractivity contribution >= 4 is 17.0 Å². The fourth-order valence-electron chi connectivity index (χ4n) is 5.14. The fraction of sp³-hybridized carbons (Fsp3) is 0.538. The van der Waals surface area contributed by atoms with E-state index in [1.165, 1.54) is 5.56 Å². The van der Waals surface area contributed by atoms with Crippen molar-refractivity contribution in [3.8, 4) is 11.1 Å². The second-order valence-electron chi connectivity index (χ2n) is 9.54. The van der Waals surface area contributed by atoms with E-state index in [0.717, 1.165) is 80.6 Å². The second kappa shape index (κ2) is 10.8. The van der Waals surface area contributed by atoms with E-state index in [0.29, 0.717) is 25.0 Å². The molecular weight excluding hydrogens is 431 g/mol. The van der Waals surface area contributed by atoms with Crippen molar-refractivity contribution in [2.24, 2.45) is 0 Å². The van der Waals surface area contributed by atoms with Crippen LogP contribution in [0.4, 0.5) is 10.3 Å². The number of fused-ring (bicyclic) bond motifs is 1. The minimum atomic E-state index is -0.356. The molecule has 2 aromatic heterocycles. The quantitative estimate of drug-likeness (QED) is 0.439. The summed E-state index contributed by atoms with van der Waals surface area (Å²) in [4.78, 5) is 11.8. The molecule has 1 aliphatic carbocycles. The van der Waals surface area contributed by atoms with Gasteiger partial charge in [-0.2, -0.15) is 4.98 Å². The SMILES string of the molecule is O[C@H]1CC[C@H](n2cc(-c3ccc(CN4CCNCC4)cc3)c3cnc(NCCCF)nc32)CC1. The molecule has 0 amide bonds. The van der Waals surface area contributed by atoms with Gasteiger partial charge in [-0.3, -0.25) is 9.29 Å². The fourth-order valence-corrected chi connectivity index (χ4v) is 5.14. The number of rotatable bonds is 8. The Bertz CT molecular complexity index is 1070. The predicted molar refractivity (Wildman–Crippen MR) is 134 cm³/mol. The molecule has 0 bridgehead atoms. The third kappa shape index (κ3) is 5.24. The number of nitrogens with one attached hydrogen (secondary N) is 2. The number of nitrogens with zero attached hydrogens (tertiary/aromatic N) is 4. The lowest BCUT2D eigenvalue weighted by Gasteiger charge is -2.27. The van der Waals surface area contributed by atoms with Crippen molar-refractivity contribution in [1.82, 2.24) is 24.8 Å². The van der Waals surface area contributed by atoms with E-state index in [4.69, 9.17) is 4.98 Å². The maximum Gasteiger partial charge on any atom is 0.224 e. The number of aliphatic hydroxyl groups excluding tert-OH is 1. The molecule has 1 aliphatic heterocycles. The van der Waals surface area contributed by atoms with Crippen molar-refractivity contribution < 1.29 is 9.50 Å². The van der Waals surface area contributed by atoms with Gasteiger partial charge in [0.25, 0.3) is 0 Å². The van der Waals surface area contributed by atoms with E-state index >= 15 is 0 Å². The van der Waals surface area contributed by atoms with Crippen molar-refractivity contribution in [2.75, 3.05) is 44.7 Å². The van der Waals surface area contributed by atoms with Crippen LogP contribution in [0.15, 0.2) is 36.7 Å². The van der Waals surface area contributed by atoms with Crippen LogP contribution < -0.4 is 10.6 Å². The van der Waals surface area contributed by atoms with E-state index in [2.05, 4.69) is 55.5 Å². The second-order valence-corrected chi connectivity index (χ2v) is 9.54. The Morgan fingerprint density at radius 1 is 1.09 bits per heavy atom. The summed E-state index contributed by atoms with van der Waals surface area (Å²) in [6, 6.07) is 9.17. The maximum atomic E-state index is 12.5. The Balaban J connectivity index is 1.43. The highest BCUT2D eigenvalue weighted by molar-refractivity contribution is 5.94. The summed E-state index contributed by atoms with van der Waals surface area (Å²) in [5.41, 5.74) is 4.51. The molecule has 3 N–H and O–H groups in total. The number of hydrogen-bond donors (Lipinski definition) is 3. The van der Waals surface area contributed by atoms with E-state index < -0.39 is 0 Å². The zero-order valence-corrected chi connectivity index (χ0v) is 19.7. The van der Waals surface area contributed by atoms with Crippen LogP contribution in [0, 0.1) is 0 Å². The highest BCUT2D eigenvalue weighted by Crippen LogP contribution is 2.36. The zero-order chi connectivity index (χ0) is 23.3. The van der Waals surface area contributed by atoms with Crippen molar-refractivity contribution in [2.45, 2.75) is 50.8 Å². The summed E-state index contributed by atoms with van der Waals surface area (Å²) < 4.78 is 14.8. The summed E-state index contributed by atoms with van der Waals surface area (Å²) in [6.07, 6.45) is 7.82. The van der Waals surface area contributed by atoms with E-state index in [1.54, 1.807) is 0 Å². The van der Waals surface area contributed by atoms with Crippen LogP contribution >= 0.6 is 0 Å². The van der Waals surface area contributed by atoms with Gasteiger partial charge in [0, 0.05) is 68.7 Å². The third-order valence-corrected chi connectivity index (χ3v) is 7.11. The van der Waals surface area contributed by atoms with Crippen LogP contribution in [-0.4, -0.2) is 70.0 Å². The number of hydrogen-bond acceptors (Lipinski definition) is 6. The summed E-state index contributed by atoms with van der Waals surface area (Å²) >= 11 is 0. The number of aliphatic hydroxyl groups is 1. The third-order valence-electron chi connectivity index (χ3n) is 7.11. The lowest BCUT2D eigenvalue weighted by atomic mass is 9.93. The average Bonchev–Trinajstić information content (AvgIpc) is 3.25. The maximum absolute atomic E-state index is 12.5. The van der Waals surface area contributed by atoms with Gasteiger partial charge in [0.1, 0.15) is 5.65 Å². The van der Waals surface area contributed by atoms with Crippen molar-refractivity contribution in [3.05, 3.63) is 42.2 Å². The summed E-state index contributed by atoms with van der Waals surface area (Å²) in [6.45, 7) is 5.42. The largest absolute Gasteiger partial charge is 0.393 e. The highest BCUT2D eigenvalue weighted by atomic mass is 19.1. The van der Waals surface area contributed by atoms with E-state index in [1.807, 2.05) is 6.20 Å². The molecule has 2 aliphatic rings. The molecule has 34 heavy (non-hydrogen) atoms. The molecule has 5 rings (SSSR count). The van der Waals surface area contributed by atoms with Gasteiger partial charge in [0.15, 0.2) is 0 Å². The molecule has 7 nitrogen and oxygen atoms in total. The minimum Gasteiger partial charge on any atom is -0.393 e. The van der Waals surface area contributed by atoms with Crippen LogP contribution in [0.1, 0.15) is 43.7 Å². The number of halogens is 1. The number of aromatic nitrogens is 3. The Kier molecular flexibility index (Phi) is 7.37. The zero-order valence-electron chi connectivity index (χ0n) is 19.7. The predicted octanol–water partition coefficient (Wildman–Crippen LogP) is 3.75. The molecule has 0 spiro atoms. The van der Waals surface area contributed by atoms with E-state index in [9.17, 15) is 9.50 Å². The Labute approximate surface area is 200 Å². The first-order chi connectivity index (χ1) is 16.7. The molecule has 8 heteroatoms. The molecule has 2 fully saturated rings. The lowest BCUT2D eigenvalue weighted by molar-refractivity contribution is 0.111. The molecular formula is C26H35FN6O. The Hall–Kier alpha value is -2.55. The van der Waals surface area contributed by atoms with E-state index in [-0.39, 0.29) is 12.8 Å². The van der Waals surface area contributed by atoms with Gasteiger partial charge in [-0.15, -0.1) is 0 Å².